The fourth-order valence-corrected chi connectivity index (χ4v) is 5.20. The van der Waals surface area contributed by atoms with Crippen LogP contribution in [0.2, 0.25) is 0 Å². The number of rotatable bonds is 7. The molecular formula is C24H33FN4O2. The largest absolute Gasteiger partial charge is 0.384 e. The van der Waals surface area contributed by atoms with Crippen LogP contribution in [0.25, 0.3) is 0 Å². The van der Waals surface area contributed by atoms with Gasteiger partial charge in [-0.25, -0.2) is 9.07 Å². The highest BCUT2D eigenvalue weighted by Crippen LogP contribution is 2.43. The van der Waals surface area contributed by atoms with Crippen LogP contribution in [0.15, 0.2) is 30.5 Å². The predicted octanol–water partition coefficient (Wildman–Crippen LogP) is 3.52. The summed E-state index contributed by atoms with van der Waals surface area (Å²) in [6.07, 6.45) is 6.49. The summed E-state index contributed by atoms with van der Waals surface area (Å²) in [5.41, 5.74) is 0.345. The van der Waals surface area contributed by atoms with E-state index in [1.165, 1.54) is 12.8 Å². The summed E-state index contributed by atoms with van der Waals surface area (Å²) < 4.78 is 22.5. The molecule has 1 aromatic carbocycles. The summed E-state index contributed by atoms with van der Waals surface area (Å²) in [6, 6.07) is 7.20. The van der Waals surface area contributed by atoms with Crippen LogP contribution in [-0.2, 0) is 16.9 Å². The summed E-state index contributed by atoms with van der Waals surface area (Å²) in [4.78, 5) is 2.39. The van der Waals surface area contributed by atoms with Crippen molar-refractivity contribution < 1.29 is 14.2 Å². The third kappa shape index (κ3) is 4.69. The fourth-order valence-electron chi connectivity index (χ4n) is 5.20. The van der Waals surface area contributed by atoms with Crippen molar-refractivity contribution in [1.29, 1.82) is 0 Å². The van der Waals surface area contributed by atoms with E-state index in [1.807, 2.05) is 23.0 Å². The second-order valence-electron chi connectivity index (χ2n) is 10.3. The normalized spacial score (nSPS) is 29.3. The number of fused-ring (bicyclic) bond motifs is 1. The van der Waals surface area contributed by atoms with E-state index < -0.39 is 5.60 Å². The molecule has 168 valence electrons. The van der Waals surface area contributed by atoms with Crippen molar-refractivity contribution in [3.05, 3.63) is 47.5 Å². The highest BCUT2D eigenvalue weighted by Gasteiger charge is 2.44. The van der Waals surface area contributed by atoms with Gasteiger partial charge < -0.3 is 9.84 Å². The fraction of sp³-hybridized carbons (Fsp3) is 0.667. The molecule has 1 aliphatic heterocycles. The number of aliphatic hydroxyl groups is 1. The molecule has 3 aliphatic rings. The number of hydrogen-bond acceptors (Lipinski definition) is 5. The van der Waals surface area contributed by atoms with Crippen LogP contribution >= 0.6 is 0 Å². The maximum atomic E-state index is 14.2. The molecule has 0 spiro atoms. The molecule has 4 atom stereocenters. The Morgan fingerprint density at radius 1 is 1.16 bits per heavy atom. The van der Waals surface area contributed by atoms with Crippen molar-refractivity contribution in [2.24, 2.45) is 17.8 Å². The van der Waals surface area contributed by atoms with Crippen molar-refractivity contribution in [2.75, 3.05) is 19.7 Å². The quantitative estimate of drug-likeness (QED) is 0.731. The number of hydrogen-bond donors (Lipinski definition) is 1. The number of likely N-dealkylation sites (tertiary alicyclic amines) is 1. The molecule has 2 aromatic rings. The zero-order valence-corrected chi connectivity index (χ0v) is 18.5. The lowest BCUT2D eigenvalue weighted by Crippen LogP contribution is -2.38. The van der Waals surface area contributed by atoms with Gasteiger partial charge in [0.15, 0.2) is 0 Å². The Bertz CT molecular complexity index is 907. The maximum absolute atomic E-state index is 14.2. The van der Waals surface area contributed by atoms with Crippen LogP contribution in [0.1, 0.15) is 56.8 Å². The molecule has 2 saturated carbocycles. The second-order valence-corrected chi connectivity index (χ2v) is 10.3. The summed E-state index contributed by atoms with van der Waals surface area (Å²) in [5, 5.41) is 18.9. The molecular weight excluding hydrogens is 395 g/mol. The monoisotopic (exact) mass is 428 g/mol. The minimum atomic E-state index is -1.01. The van der Waals surface area contributed by atoms with Gasteiger partial charge in [-0.15, -0.1) is 5.10 Å². The first-order chi connectivity index (χ1) is 14.9. The number of benzene rings is 1. The van der Waals surface area contributed by atoms with Crippen molar-refractivity contribution in [3.8, 4) is 0 Å². The van der Waals surface area contributed by atoms with E-state index in [0.29, 0.717) is 30.0 Å². The van der Waals surface area contributed by atoms with Crippen LogP contribution in [0.3, 0.4) is 0 Å². The molecule has 0 unspecified atom stereocenters. The molecule has 5 rings (SSSR count). The third-order valence-electron chi connectivity index (χ3n) is 7.23. The molecule has 0 bridgehead atoms. The summed E-state index contributed by atoms with van der Waals surface area (Å²) in [6.45, 7) is 6.90. The molecule has 2 heterocycles. The Morgan fingerprint density at radius 2 is 1.90 bits per heavy atom. The van der Waals surface area contributed by atoms with Gasteiger partial charge in [0.1, 0.15) is 17.1 Å². The first-order valence-corrected chi connectivity index (χ1v) is 11.6. The van der Waals surface area contributed by atoms with Gasteiger partial charge in [-0.1, -0.05) is 23.4 Å². The molecule has 1 N–H and O–H groups in total. The first kappa shape index (κ1) is 21.0. The van der Waals surface area contributed by atoms with E-state index >= 15 is 0 Å². The first-order valence-electron chi connectivity index (χ1n) is 11.6. The Morgan fingerprint density at radius 3 is 2.58 bits per heavy atom. The van der Waals surface area contributed by atoms with Crippen LogP contribution in [-0.4, -0.2) is 50.8 Å². The number of halogens is 1. The smallest absolute Gasteiger partial charge is 0.127 e. The molecule has 31 heavy (non-hydrogen) atoms. The van der Waals surface area contributed by atoms with Gasteiger partial charge in [0.2, 0.25) is 0 Å². The lowest BCUT2D eigenvalue weighted by atomic mass is 9.77. The molecule has 3 fully saturated rings. The van der Waals surface area contributed by atoms with Crippen molar-refractivity contribution in [3.63, 3.8) is 0 Å². The van der Waals surface area contributed by atoms with Gasteiger partial charge in [0.25, 0.3) is 0 Å². The zero-order valence-electron chi connectivity index (χ0n) is 18.5. The SMILES string of the molecule is CC(C)(O)c1cn([C@@H]2C[C@@H]3CN(Cc4ccccc4F)C[C@@H]3C[C@H]2OCC2CC2)nn1. The van der Waals surface area contributed by atoms with Gasteiger partial charge in [-0.05, 0) is 63.4 Å². The average molecular weight is 429 g/mol. The Balaban J connectivity index is 1.31. The Labute approximate surface area is 183 Å². The Hall–Kier alpha value is -1.83. The van der Waals surface area contributed by atoms with Crippen molar-refractivity contribution in [1.82, 2.24) is 19.9 Å². The average Bonchev–Trinajstić information content (AvgIpc) is 3.25. The molecule has 0 amide bonds. The molecule has 0 radical (unpaired) electrons. The minimum Gasteiger partial charge on any atom is -0.384 e. The van der Waals surface area contributed by atoms with Crippen LogP contribution in [0, 0.1) is 23.6 Å². The van der Waals surface area contributed by atoms with E-state index in [2.05, 4.69) is 15.2 Å². The third-order valence-corrected chi connectivity index (χ3v) is 7.23. The van der Waals surface area contributed by atoms with E-state index in [9.17, 15) is 9.50 Å². The minimum absolute atomic E-state index is 0.103. The second kappa shape index (κ2) is 8.26. The van der Waals surface area contributed by atoms with Gasteiger partial charge >= 0.3 is 0 Å². The topological polar surface area (TPSA) is 63.4 Å². The molecule has 7 heteroatoms. The van der Waals surface area contributed by atoms with Crippen LogP contribution in [0.5, 0.6) is 0 Å². The summed E-state index contributed by atoms with van der Waals surface area (Å²) in [5.74, 6) is 1.68. The van der Waals surface area contributed by atoms with Gasteiger partial charge in [0, 0.05) is 31.8 Å². The molecule has 6 nitrogen and oxygen atoms in total. The number of nitrogens with zero attached hydrogens (tertiary/aromatic N) is 4. The predicted molar refractivity (Wildman–Crippen MR) is 115 cm³/mol. The van der Waals surface area contributed by atoms with Crippen molar-refractivity contribution >= 4 is 0 Å². The molecule has 1 aromatic heterocycles. The number of aromatic nitrogens is 3. The van der Waals surface area contributed by atoms with E-state index in [4.69, 9.17) is 4.74 Å². The van der Waals surface area contributed by atoms with Crippen LogP contribution < -0.4 is 0 Å². The van der Waals surface area contributed by atoms with E-state index in [-0.39, 0.29) is 18.0 Å². The van der Waals surface area contributed by atoms with Crippen molar-refractivity contribution in [2.45, 2.75) is 63.8 Å². The standard InChI is InChI=1S/C24H33FN4O2/c1-24(2,30)23-14-29(27-26-23)21-9-18-12-28(11-17-5-3-4-6-20(17)25)13-19(18)10-22(21)31-15-16-7-8-16/h3-6,14,16,18-19,21-22,30H,7-13,15H2,1-2H3/t18-,19+,21-,22-/m1/s1. The van der Waals surface area contributed by atoms with E-state index in [1.54, 1.807) is 26.0 Å². The Kier molecular flexibility index (Phi) is 5.61. The van der Waals surface area contributed by atoms with Gasteiger partial charge in [-0.2, -0.15) is 0 Å². The highest BCUT2D eigenvalue weighted by atomic mass is 19.1. The molecule has 1 saturated heterocycles. The lowest BCUT2D eigenvalue weighted by molar-refractivity contribution is -0.0376. The maximum Gasteiger partial charge on any atom is 0.127 e. The van der Waals surface area contributed by atoms with E-state index in [0.717, 1.165) is 38.1 Å². The van der Waals surface area contributed by atoms with Gasteiger partial charge in [-0.3, -0.25) is 4.90 Å². The molecule has 2 aliphatic carbocycles. The highest BCUT2D eigenvalue weighted by molar-refractivity contribution is 5.17. The number of ether oxygens (including phenoxy) is 1. The van der Waals surface area contributed by atoms with Gasteiger partial charge in [0.05, 0.1) is 18.3 Å². The summed E-state index contributed by atoms with van der Waals surface area (Å²) >= 11 is 0. The summed E-state index contributed by atoms with van der Waals surface area (Å²) in [7, 11) is 0. The lowest BCUT2D eigenvalue weighted by Gasteiger charge is -2.37. The zero-order chi connectivity index (χ0) is 21.6. The van der Waals surface area contributed by atoms with Crippen LogP contribution in [0.4, 0.5) is 4.39 Å².